The smallest absolute Gasteiger partial charge is 0.338 e. The van der Waals surface area contributed by atoms with Crippen molar-refractivity contribution in [2.75, 3.05) is 13.2 Å². The van der Waals surface area contributed by atoms with Crippen molar-refractivity contribution in [1.82, 2.24) is 9.13 Å². The van der Waals surface area contributed by atoms with Crippen molar-refractivity contribution in [1.29, 1.82) is 0 Å². The summed E-state index contributed by atoms with van der Waals surface area (Å²) < 4.78 is 58.3. The quantitative estimate of drug-likeness (QED) is 0.0992. The van der Waals surface area contributed by atoms with E-state index in [4.69, 9.17) is 42.6 Å². The molecule has 1 aliphatic carbocycles. The predicted octanol–water partition coefficient (Wildman–Crippen LogP) is 5.19. The molecular formula is C48H46N2O14. The average Bonchev–Trinajstić information content (AvgIpc) is 4.11. The van der Waals surface area contributed by atoms with Gasteiger partial charge in [-0.05, 0) is 54.8 Å². The van der Waals surface area contributed by atoms with Gasteiger partial charge in [0, 0.05) is 25.1 Å². The Morgan fingerprint density at radius 3 is 1.81 bits per heavy atom. The van der Waals surface area contributed by atoms with E-state index in [1.165, 1.54) is 16.8 Å². The van der Waals surface area contributed by atoms with Crippen LogP contribution in [0.1, 0.15) is 68.5 Å². The zero-order valence-corrected chi connectivity index (χ0v) is 34.6. The number of carbonyl (C=O) groups is 3. The number of benzene rings is 4. The molecule has 1 saturated carbocycles. The molecule has 4 fully saturated rings. The van der Waals surface area contributed by atoms with Crippen LogP contribution in [0.5, 0.6) is 0 Å². The summed E-state index contributed by atoms with van der Waals surface area (Å²) in [5.41, 5.74) is 0.367. The van der Waals surface area contributed by atoms with E-state index >= 15 is 0 Å². The zero-order chi connectivity index (χ0) is 44.0. The highest BCUT2D eigenvalue weighted by Crippen LogP contribution is 2.49. The Bertz CT molecular complexity index is 2510. The van der Waals surface area contributed by atoms with Crippen LogP contribution in [-0.4, -0.2) is 89.0 Å². The average molecular weight is 875 g/mol. The molecule has 0 radical (unpaired) electrons. The first-order valence-electron chi connectivity index (χ1n) is 21.2. The number of fused-ring (bicyclic) bond motifs is 1. The van der Waals surface area contributed by atoms with Crippen molar-refractivity contribution >= 4 is 17.9 Å². The van der Waals surface area contributed by atoms with Gasteiger partial charge < -0.3 is 42.6 Å². The van der Waals surface area contributed by atoms with E-state index in [1.807, 2.05) is 30.3 Å². The number of hydrogen-bond donors (Lipinski definition) is 0. The molecule has 4 heterocycles. The van der Waals surface area contributed by atoms with Crippen molar-refractivity contribution < 1.29 is 57.0 Å². The molecule has 8 atom stereocenters. The van der Waals surface area contributed by atoms with Gasteiger partial charge in [-0.15, -0.1) is 0 Å². The van der Waals surface area contributed by atoms with Crippen LogP contribution in [-0.2, 0) is 56.0 Å². The normalized spacial score (nSPS) is 25.5. The molecule has 0 unspecified atom stereocenters. The molecule has 0 amide bonds. The SMILES string of the molecule is O=C(OC[C@H]1O[C@@H](OC[C@H]2O[C@@H](n3ccc(=O)n(COCc4ccccc4)c3=O)[C@@H]3OC4(CCCC4)O[C@@H]32)[C@H](OC(=O)c2ccccc2)[C@@H]1OC(=O)c1ccccc1)c1ccccc1. The summed E-state index contributed by atoms with van der Waals surface area (Å²) in [6.07, 6.45) is -4.36. The molecular weight excluding hydrogens is 829 g/mol. The lowest BCUT2D eigenvalue weighted by Gasteiger charge is -2.28. The lowest BCUT2D eigenvalue weighted by molar-refractivity contribution is -0.231. The number of nitrogens with zero attached hydrogens (tertiary/aromatic N) is 2. The monoisotopic (exact) mass is 874 g/mol. The maximum atomic E-state index is 14.0. The first-order chi connectivity index (χ1) is 31.2. The predicted molar refractivity (Wildman–Crippen MR) is 224 cm³/mol. The minimum absolute atomic E-state index is 0.179. The Balaban J connectivity index is 0.983. The molecule has 16 heteroatoms. The highest BCUT2D eigenvalue weighted by molar-refractivity contribution is 5.91. The third-order valence-corrected chi connectivity index (χ3v) is 11.6. The molecule has 0 N–H and O–H groups in total. The summed E-state index contributed by atoms with van der Waals surface area (Å²) in [5, 5.41) is 0. The van der Waals surface area contributed by atoms with E-state index in [0.717, 1.165) is 23.0 Å². The van der Waals surface area contributed by atoms with Gasteiger partial charge in [0.1, 0.15) is 37.8 Å². The van der Waals surface area contributed by atoms with E-state index in [0.29, 0.717) is 12.8 Å². The van der Waals surface area contributed by atoms with Crippen LogP contribution < -0.4 is 11.2 Å². The van der Waals surface area contributed by atoms with E-state index in [1.54, 1.807) is 91.0 Å². The molecule has 1 aromatic heterocycles. The maximum absolute atomic E-state index is 14.0. The molecule has 0 bridgehead atoms. The van der Waals surface area contributed by atoms with Gasteiger partial charge in [-0.3, -0.25) is 9.36 Å². The van der Waals surface area contributed by atoms with Gasteiger partial charge in [0.2, 0.25) is 0 Å². The van der Waals surface area contributed by atoms with Crippen LogP contribution in [0.15, 0.2) is 143 Å². The fraction of sp³-hybridized carbons (Fsp3) is 0.354. The van der Waals surface area contributed by atoms with E-state index in [2.05, 4.69) is 0 Å². The standard InChI is InChI=1S/C48H46N2O14/c51-37-23-26-49(47(55)50(37)30-56-27-31-15-5-1-6-16-31)42-40-39(63-48(64-40)24-13-14-25-48)36(59-42)29-58-46-41(62-45(54)34-21-11-4-12-22-34)38(61-44(53)33-19-9-3-10-20-33)35(60-46)28-57-43(52)32-17-7-2-8-18-32/h1-12,15-23,26,35-36,38-42,46H,13-14,24-25,27-30H2/t35-,36-,38-,39-,40-,41-,42-,46-/m1/s1. The molecule has 3 aliphatic heterocycles. The van der Waals surface area contributed by atoms with Crippen LogP contribution in [0.2, 0.25) is 0 Å². The highest BCUT2D eigenvalue weighted by atomic mass is 16.8. The van der Waals surface area contributed by atoms with Gasteiger partial charge in [-0.1, -0.05) is 84.9 Å². The van der Waals surface area contributed by atoms with E-state index < -0.39 is 90.7 Å². The van der Waals surface area contributed by atoms with Crippen molar-refractivity contribution in [2.24, 2.45) is 0 Å². The summed E-state index contributed by atoms with van der Waals surface area (Å²) >= 11 is 0. The number of esters is 3. The molecule has 1 spiro atoms. The molecule has 5 aromatic rings. The minimum atomic E-state index is -1.39. The second-order valence-electron chi connectivity index (χ2n) is 15.9. The third kappa shape index (κ3) is 9.33. The molecule has 64 heavy (non-hydrogen) atoms. The number of carbonyl (C=O) groups excluding carboxylic acids is 3. The van der Waals surface area contributed by atoms with Gasteiger partial charge in [0.25, 0.3) is 5.56 Å². The van der Waals surface area contributed by atoms with Crippen LogP contribution >= 0.6 is 0 Å². The topological polar surface area (TPSA) is 178 Å². The maximum Gasteiger partial charge on any atom is 0.338 e. The number of hydrogen-bond acceptors (Lipinski definition) is 14. The van der Waals surface area contributed by atoms with Crippen molar-refractivity contribution in [3.63, 3.8) is 0 Å². The van der Waals surface area contributed by atoms with Crippen molar-refractivity contribution in [3.8, 4) is 0 Å². The van der Waals surface area contributed by atoms with Crippen LogP contribution in [0, 0.1) is 0 Å². The Labute approximate surface area is 367 Å². The summed E-state index contributed by atoms with van der Waals surface area (Å²) in [6.45, 7) is -0.772. The Morgan fingerprint density at radius 1 is 0.625 bits per heavy atom. The number of aromatic nitrogens is 2. The molecule has 332 valence electrons. The van der Waals surface area contributed by atoms with Crippen molar-refractivity contribution in [2.45, 2.75) is 93.9 Å². The molecule has 3 saturated heterocycles. The van der Waals surface area contributed by atoms with E-state index in [-0.39, 0.29) is 36.6 Å². The first-order valence-corrected chi connectivity index (χ1v) is 21.2. The van der Waals surface area contributed by atoms with Crippen LogP contribution in [0.25, 0.3) is 0 Å². The van der Waals surface area contributed by atoms with Gasteiger partial charge >= 0.3 is 23.6 Å². The van der Waals surface area contributed by atoms with Crippen molar-refractivity contribution in [3.05, 3.63) is 177 Å². The van der Waals surface area contributed by atoms with E-state index in [9.17, 15) is 24.0 Å². The van der Waals surface area contributed by atoms with Gasteiger partial charge in [0.05, 0.1) is 29.9 Å². The summed E-state index contributed by atoms with van der Waals surface area (Å²) in [7, 11) is 0. The first kappa shape index (κ1) is 43.0. The number of ether oxygens (including phenoxy) is 9. The summed E-state index contributed by atoms with van der Waals surface area (Å²) in [6, 6.07) is 35.4. The second-order valence-corrected chi connectivity index (χ2v) is 15.9. The fourth-order valence-corrected chi connectivity index (χ4v) is 8.44. The van der Waals surface area contributed by atoms with Gasteiger partial charge in [0.15, 0.2) is 30.5 Å². The summed E-state index contributed by atoms with van der Waals surface area (Å²) in [5.74, 6) is -3.05. The van der Waals surface area contributed by atoms with Crippen LogP contribution in [0.3, 0.4) is 0 Å². The summed E-state index contributed by atoms with van der Waals surface area (Å²) in [4.78, 5) is 67.4. The molecule has 4 aromatic carbocycles. The van der Waals surface area contributed by atoms with Gasteiger partial charge in [-0.25, -0.2) is 23.7 Å². The highest BCUT2D eigenvalue weighted by Gasteiger charge is 2.60. The minimum Gasteiger partial charge on any atom is -0.459 e. The number of rotatable bonds is 15. The molecule has 4 aliphatic rings. The largest absolute Gasteiger partial charge is 0.459 e. The third-order valence-electron chi connectivity index (χ3n) is 11.6. The second kappa shape index (κ2) is 19.2. The Hall–Kier alpha value is -6.27. The van der Waals surface area contributed by atoms with Gasteiger partial charge in [-0.2, -0.15) is 0 Å². The molecule has 9 rings (SSSR count). The van der Waals surface area contributed by atoms with Crippen LogP contribution in [0.4, 0.5) is 0 Å². The Morgan fingerprint density at radius 2 is 1.19 bits per heavy atom. The lowest BCUT2D eigenvalue weighted by atomic mass is 10.1. The lowest BCUT2D eigenvalue weighted by Crippen LogP contribution is -2.43. The fourth-order valence-electron chi connectivity index (χ4n) is 8.44. The zero-order valence-electron chi connectivity index (χ0n) is 34.6. The molecule has 16 nitrogen and oxygen atoms in total. The Kier molecular flexibility index (Phi) is 12.9.